The summed E-state index contributed by atoms with van der Waals surface area (Å²) < 4.78 is 0. The number of aliphatic hydroxyl groups is 1. The van der Waals surface area contributed by atoms with Crippen LogP contribution in [0.1, 0.15) is 11.5 Å². The van der Waals surface area contributed by atoms with Gasteiger partial charge < -0.3 is 10.4 Å². The number of rotatable bonds is 2. The highest BCUT2D eigenvalue weighted by Gasteiger charge is 2.27. The molecule has 0 spiro atoms. The standard InChI is InChI=1S/C11H14ClNO.ClH/c12-10-3-1-8(2-4-10)11-6-13-5-9(11)7-14;/h1-4,9,11,13-14H,5-7H2;1H. The van der Waals surface area contributed by atoms with E-state index in [4.69, 9.17) is 11.6 Å². The SMILES string of the molecule is Cl.OCC1CNCC1c1ccc(Cl)cc1. The van der Waals surface area contributed by atoms with Crippen molar-refractivity contribution in [3.8, 4) is 0 Å². The zero-order valence-electron chi connectivity index (χ0n) is 8.32. The van der Waals surface area contributed by atoms with Gasteiger partial charge in [-0.1, -0.05) is 23.7 Å². The van der Waals surface area contributed by atoms with E-state index in [2.05, 4.69) is 5.32 Å². The predicted molar refractivity (Wildman–Crippen MR) is 64.9 cm³/mol. The van der Waals surface area contributed by atoms with Gasteiger partial charge in [0.15, 0.2) is 0 Å². The number of hydrogen-bond acceptors (Lipinski definition) is 2. The molecule has 2 unspecified atom stereocenters. The van der Waals surface area contributed by atoms with Gasteiger partial charge in [0, 0.05) is 36.6 Å². The Morgan fingerprint density at radius 3 is 2.53 bits per heavy atom. The van der Waals surface area contributed by atoms with Gasteiger partial charge in [-0.05, 0) is 17.7 Å². The normalized spacial score (nSPS) is 24.9. The molecular formula is C11H15Cl2NO. The molecule has 1 fully saturated rings. The Hall–Kier alpha value is -0.280. The summed E-state index contributed by atoms with van der Waals surface area (Å²) in [6, 6.07) is 7.90. The monoisotopic (exact) mass is 247 g/mol. The molecule has 0 amide bonds. The first-order chi connectivity index (χ1) is 6.81. The van der Waals surface area contributed by atoms with E-state index in [-0.39, 0.29) is 19.0 Å². The van der Waals surface area contributed by atoms with Gasteiger partial charge in [0.25, 0.3) is 0 Å². The number of aliphatic hydroxyl groups excluding tert-OH is 1. The second-order valence-electron chi connectivity index (χ2n) is 3.76. The summed E-state index contributed by atoms with van der Waals surface area (Å²) in [5, 5.41) is 13.2. The van der Waals surface area contributed by atoms with Crippen molar-refractivity contribution in [1.29, 1.82) is 0 Å². The third-order valence-electron chi connectivity index (χ3n) is 2.87. The Morgan fingerprint density at radius 2 is 1.93 bits per heavy atom. The van der Waals surface area contributed by atoms with Crippen LogP contribution in [0.5, 0.6) is 0 Å². The van der Waals surface area contributed by atoms with Gasteiger partial charge >= 0.3 is 0 Å². The quantitative estimate of drug-likeness (QED) is 0.839. The summed E-state index contributed by atoms with van der Waals surface area (Å²) in [5.41, 5.74) is 1.26. The molecule has 1 aromatic rings. The van der Waals surface area contributed by atoms with Crippen LogP contribution in [0.15, 0.2) is 24.3 Å². The average molecular weight is 248 g/mol. The molecule has 0 bridgehead atoms. The van der Waals surface area contributed by atoms with E-state index in [1.54, 1.807) is 0 Å². The van der Waals surface area contributed by atoms with Crippen LogP contribution in [0.2, 0.25) is 5.02 Å². The van der Waals surface area contributed by atoms with Gasteiger partial charge in [-0.3, -0.25) is 0 Å². The van der Waals surface area contributed by atoms with Crippen LogP contribution in [-0.4, -0.2) is 24.8 Å². The Morgan fingerprint density at radius 1 is 1.27 bits per heavy atom. The smallest absolute Gasteiger partial charge is 0.0477 e. The lowest BCUT2D eigenvalue weighted by molar-refractivity contribution is 0.226. The van der Waals surface area contributed by atoms with Crippen LogP contribution in [0.25, 0.3) is 0 Å². The van der Waals surface area contributed by atoms with E-state index in [0.29, 0.717) is 11.8 Å². The van der Waals surface area contributed by atoms with Crippen LogP contribution in [-0.2, 0) is 0 Å². The fraction of sp³-hybridized carbons (Fsp3) is 0.455. The van der Waals surface area contributed by atoms with Crippen molar-refractivity contribution >= 4 is 24.0 Å². The lowest BCUT2D eigenvalue weighted by atomic mass is 9.90. The first-order valence-electron chi connectivity index (χ1n) is 4.88. The first kappa shape index (κ1) is 12.8. The van der Waals surface area contributed by atoms with Crippen molar-refractivity contribution in [3.05, 3.63) is 34.9 Å². The third kappa shape index (κ3) is 2.85. The van der Waals surface area contributed by atoms with Gasteiger partial charge in [-0.2, -0.15) is 0 Å². The zero-order valence-corrected chi connectivity index (χ0v) is 9.89. The maximum Gasteiger partial charge on any atom is 0.0477 e. The van der Waals surface area contributed by atoms with Crippen molar-refractivity contribution in [2.45, 2.75) is 5.92 Å². The maximum atomic E-state index is 9.19. The summed E-state index contributed by atoms with van der Waals surface area (Å²) in [6.07, 6.45) is 0. The highest BCUT2D eigenvalue weighted by Crippen LogP contribution is 2.28. The first-order valence-corrected chi connectivity index (χ1v) is 5.26. The number of halogens is 2. The summed E-state index contributed by atoms with van der Waals surface area (Å²) in [6.45, 7) is 2.11. The molecule has 0 aliphatic carbocycles. The second kappa shape index (κ2) is 5.71. The Kier molecular flexibility index (Phi) is 4.87. The molecule has 4 heteroatoms. The molecule has 84 valence electrons. The second-order valence-corrected chi connectivity index (χ2v) is 4.20. The van der Waals surface area contributed by atoms with Gasteiger partial charge in [0.1, 0.15) is 0 Å². The number of nitrogens with one attached hydrogen (secondary N) is 1. The fourth-order valence-corrected chi connectivity index (χ4v) is 2.15. The minimum absolute atomic E-state index is 0. The lowest BCUT2D eigenvalue weighted by Gasteiger charge is -2.16. The zero-order chi connectivity index (χ0) is 9.97. The number of benzene rings is 1. The van der Waals surface area contributed by atoms with Crippen LogP contribution >= 0.6 is 24.0 Å². The molecule has 1 aliphatic rings. The largest absolute Gasteiger partial charge is 0.396 e. The van der Waals surface area contributed by atoms with Crippen molar-refractivity contribution in [2.24, 2.45) is 5.92 Å². The summed E-state index contributed by atoms with van der Waals surface area (Å²) >= 11 is 5.82. The van der Waals surface area contributed by atoms with Crippen LogP contribution in [0.3, 0.4) is 0 Å². The molecule has 2 rings (SSSR count). The van der Waals surface area contributed by atoms with Gasteiger partial charge in [-0.25, -0.2) is 0 Å². The predicted octanol–water partition coefficient (Wildman–Crippen LogP) is 2.06. The van der Waals surface area contributed by atoms with Crippen molar-refractivity contribution < 1.29 is 5.11 Å². The van der Waals surface area contributed by atoms with E-state index >= 15 is 0 Å². The van der Waals surface area contributed by atoms with Gasteiger partial charge in [0.2, 0.25) is 0 Å². The Bertz CT molecular complexity index is 302. The van der Waals surface area contributed by atoms with Crippen molar-refractivity contribution in [1.82, 2.24) is 5.32 Å². The van der Waals surface area contributed by atoms with E-state index in [1.807, 2.05) is 24.3 Å². The molecule has 0 saturated carbocycles. The van der Waals surface area contributed by atoms with Crippen LogP contribution in [0, 0.1) is 5.92 Å². The molecule has 2 atom stereocenters. The lowest BCUT2D eigenvalue weighted by Crippen LogP contribution is -2.14. The minimum atomic E-state index is 0. The van der Waals surface area contributed by atoms with Crippen LogP contribution in [0.4, 0.5) is 0 Å². The molecule has 1 aromatic carbocycles. The molecule has 1 heterocycles. The fourth-order valence-electron chi connectivity index (χ4n) is 2.02. The Balaban J connectivity index is 0.00000112. The van der Waals surface area contributed by atoms with Crippen molar-refractivity contribution in [3.63, 3.8) is 0 Å². The van der Waals surface area contributed by atoms with Gasteiger partial charge in [-0.15, -0.1) is 12.4 Å². The molecule has 15 heavy (non-hydrogen) atoms. The number of hydrogen-bond donors (Lipinski definition) is 2. The highest BCUT2D eigenvalue weighted by molar-refractivity contribution is 6.30. The molecule has 2 N–H and O–H groups in total. The molecule has 2 nitrogen and oxygen atoms in total. The van der Waals surface area contributed by atoms with Gasteiger partial charge in [0.05, 0.1) is 0 Å². The highest BCUT2D eigenvalue weighted by atomic mass is 35.5. The molecular weight excluding hydrogens is 233 g/mol. The Labute approximate surface area is 101 Å². The van der Waals surface area contributed by atoms with E-state index in [0.717, 1.165) is 18.1 Å². The minimum Gasteiger partial charge on any atom is -0.396 e. The average Bonchev–Trinajstić information content (AvgIpc) is 2.67. The molecule has 0 radical (unpaired) electrons. The summed E-state index contributed by atoms with van der Waals surface area (Å²) in [7, 11) is 0. The van der Waals surface area contributed by atoms with Crippen molar-refractivity contribution in [2.75, 3.05) is 19.7 Å². The van der Waals surface area contributed by atoms with E-state index in [1.165, 1.54) is 5.56 Å². The van der Waals surface area contributed by atoms with E-state index < -0.39 is 0 Å². The van der Waals surface area contributed by atoms with E-state index in [9.17, 15) is 5.11 Å². The summed E-state index contributed by atoms with van der Waals surface area (Å²) in [5.74, 6) is 0.772. The molecule has 1 saturated heterocycles. The van der Waals surface area contributed by atoms with Crippen LogP contribution < -0.4 is 5.32 Å². The third-order valence-corrected chi connectivity index (χ3v) is 3.12. The molecule has 0 aromatic heterocycles. The topological polar surface area (TPSA) is 32.3 Å². The summed E-state index contributed by atoms with van der Waals surface area (Å²) in [4.78, 5) is 0. The maximum absolute atomic E-state index is 9.19. The molecule has 1 aliphatic heterocycles.